The molecule has 1 amide bonds. The highest BCUT2D eigenvalue weighted by Crippen LogP contribution is 2.40. The van der Waals surface area contributed by atoms with E-state index >= 15 is 0 Å². The van der Waals surface area contributed by atoms with E-state index in [9.17, 15) is 13.2 Å². The van der Waals surface area contributed by atoms with E-state index in [0.717, 1.165) is 53.0 Å². The van der Waals surface area contributed by atoms with Gasteiger partial charge in [0.15, 0.2) is 5.75 Å². The lowest BCUT2D eigenvalue weighted by Crippen LogP contribution is -2.21. The first kappa shape index (κ1) is 34.6. The number of rotatable bonds is 11. The molecule has 48 heavy (non-hydrogen) atoms. The molecule has 13 heteroatoms. The van der Waals surface area contributed by atoms with Crippen LogP contribution in [-0.2, 0) is 21.9 Å². The van der Waals surface area contributed by atoms with Crippen LogP contribution >= 0.6 is 0 Å². The van der Waals surface area contributed by atoms with E-state index in [0.29, 0.717) is 17.8 Å². The fourth-order valence-electron chi connectivity index (χ4n) is 5.58. The average Bonchev–Trinajstić information content (AvgIpc) is 3.67. The van der Waals surface area contributed by atoms with Gasteiger partial charge in [-0.2, -0.15) is 10.2 Å². The van der Waals surface area contributed by atoms with Gasteiger partial charge < -0.3 is 15.0 Å². The van der Waals surface area contributed by atoms with Crippen molar-refractivity contribution in [3.63, 3.8) is 0 Å². The fraction of sp³-hybridized carbons (Fsp3) is 0.371. The number of sulfonamides is 1. The van der Waals surface area contributed by atoms with Crippen molar-refractivity contribution in [1.82, 2.24) is 14.7 Å². The van der Waals surface area contributed by atoms with Crippen molar-refractivity contribution < 1.29 is 17.9 Å². The van der Waals surface area contributed by atoms with Gasteiger partial charge in [-0.15, -0.1) is 0 Å². The first-order valence-corrected chi connectivity index (χ1v) is 17.6. The van der Waals surface area contributed by atoms with Crippen molar-refractivity contribution in [2.45, 2.75) is 45.6 Å². The molecule has 254 valence electrons. The van der Waals surface area contributed by atoms with Crippen LogP contribution in [0.15, 0.2) is 77.2 Å². The molecular weight excluding hydrogens is 629 g/mol. The zero-order valence-electron chi connectivity index (χ0n) is 28.8. The molecule has 2 N–H and O–H groups in total. The number of methoxy groups -OCH3 is 1. The number of amides is 1. The number of aromatic nitrogens is 2. The van der Waals surface area contributed by atoms with Crippen LogP contribution in [0.3, 0.4) is 0 Å². The van der Waals surface area contributed by atoms with Crippen molar-refractivity contribution in [3.05, 3.63) is 94.8 Å². The number of nitrogens with zero attached hydrogens (tertiary/aromatic N) is 6. The van der Waals surface area contributed by atoms with E-state index in [4.69, 9.17) is 9.84 Å². The number of aryl methyl sites for hydroxylation is 1. The van der Waals surface area contributed by atoms with Gasteiger partial charge in [-0.05, 0) is 74.0 Å². The van der Waals surface area contributed by atoms with Crippen LogP contribution in [-0.4, -0.2) is 69.6 Å². The topological polar surface area (TPSA) is 134 Å². The third-order valence-electron chi connectivity index (χ3n) is 8.15. The minimum atomic E-state index is -3.61. The third kappa shape index (κ3) is 7.85. The van der Waals surface area contributed by atoms with E-state index in [1.807, 2.05) is 86.0 Å². The van der Waals surface area contributed by atoms with Crippen LogP contribution in [0.25, 0.3) is 5.69 Å². The van der Waals surface area contributed by atoms with Crippen molar-refractivity contribution in [3.8, 4) is 11.4 Å². The van der Waals surface area contributed by atoms with Crippen molar-refractivity contribution in [2.75, 3.05) is 55.6 Å². The van der Waals surface area contributed by atoms with Crippen LogP contribution in [0, 0.1) is 6.92 Å². The summed E-state index contributed by atoms with van der Waals surface area (Å²) in [4.78, 5) is 15.9. The smallest absolute Gasteiger partial charge is 0.255 e. The summed E-state index contributed by atoms with van der Waals surface area (Å²) in [5.41, 5.74) is 6.27. The molecule has 0 fully saturated rings. The number of ether oxygens (including phenoxy) is 1. The Labute approximate surface area is 282 Å². The van der Waals surface area contributed by atoms with E-state index < -0.39 is 10.0 Å². The quantitative estimate of drug-likeness (QED) is 0.195. The molecule has 0 radical (unpaired) electrons. The second-order valence-corrected chi connectivity index (χ2v) is 15.1. The van der Waals surface area contributed by atoms with Gasteiger partial charge in [-0.25, -0.2) is 18.1 Å². The molecule has 5 rings (SSSR count). The van der Waals surface area contributed by atoms with Crippen LogP contribution in [0.5, 0.6) is 5.75 Å². The second-order valence-electron chi connectivity index (χ2n) is 13.3. The summed E-state index contributed by atoms with van der Waals surface area (Å²) in [6, 6.07) is 18.8. The number of nitrogens with one attached hydrogen (secondary N) is 2. The minimum Gasteiger partial charge on any atom is -0.492 e. The van der Waals surface area contributed by atoms with Crippen LogP contribution in [0.4, 0.5) is 17.1 Å². The minimum absolute atomic E-state index is 0.214. The van der Waals surface area contributed by atoms with E-state index in [-0.39, 0.29) is 28.8 Å². The summed E-state index contributed by atoms with van der Waals surface area (Å²) in [5.74, 6) is -0.167. The maximum Gasteiger partial charge on any atom is 0.255 e. The van der Waals surface area contributed by atoms with Gasteiger partial charge >= 0.3 is 0 Å². The predicted octanol–water partition coefficient (Wildman–Crippen LogP) is 6.14. The van der Waals surface area contributed by atoms with E-state index in [1.54, 1.807) is 18.2 Å². The molecule has 12 nitrogen and oxygen atoms in total. The normalized spacial score (nSPS) is 14.9. The first-order valence-electron chi connectivity index (χ1n) is 15.7. The zero-order valence-corrected chi connectivity index (χ0v) is 29.6. The van der Waals surface area contributed by atoms with Crippen molar-refractivity contribution in [1.29, 1.82) is 0 Å². The number of likely N-dealkylation sites (N-methyl/N-ethyl adjacent to an activating group) is 1. The van der Waals surface area contributed by atoms with Gasteiger partial charge in [-0.3, -0.25) is 9.52 Å². The Kier molecular flexibility index (Phi) is 9.92. The molecule has 0 saturated carbocycles. The Morgan fingerprint density at radius 2 is 1.77 bits per heavy atom. The van der Waals surface area contributed by atoms with Gasteiger partial charge in [0.25, 0.3) is 5.91 Å². The average molecular weight is 673 g/mol. The molecule has 0 bridgehead atoms. The van der Waals surface area contributed by atoms with Crippen molar-refractivity contribution in [2.24, 2.45) is 10.3 Å². The largest absolute Gasteiger partial charge is 0.492 e. The van der Waals surface area contributed by atoms with Gasteiger partial charge in [0, 0.05) is 24.1 Å². The third-order valence-corrected chi connectivity index (χ3v) is 8.74. The number of hydrogen-bond acceptors (Lipinski definition) is 9. The summed E-state index contributed by atoms with van der Waals surface area (Å²) in [5, 5.41) is 18.7. The van der Waals surface area contributed by atoms with Gasteiger partial charge in [0.1, 0.15) is 6.04 Å². The monoisotopic (exact) mass is 672 g/mol. The molecular formula is C35H44N8O4S. The summed E-state index contributed by atoms with van der Waals surface area (Å²) in [6.45, 7) is 9.33. The van der Waals surface area contributed by atoms with Gasteiger partial charge in [0.05, 0.1) is 54.6 Å². The first-order chi connectivity index (χ1) is 22.6. The lowest BCUT2D eigenvalue weighted by atomic mass is 9.86. The molecule has 1 atom stereocenters. The van der Waals surface area contributed by atoms with E-state index in [1.165, 1.54) is 7.11 Å². The maximum absolute atomic E-state index is 13.7. The molecule has 1 aliphatic rings. The zero-order chi connectivity index (χ0) is 34.8. The van der Waals surface area contributed by atoms with Gasteiger partial charge in [-0.1, -0.05) is 50.3 Å². The van der Waals surface area contributed by atoms with Crippen LogP contribution in [0.2, 0.25) is 0 Å². The highest BCUT2D eigenvalue weighted by atomic mass is 32.2. The Hall–Kier alpha value is -4.75. The lowest BCUT2D eigenvalue weighted by Gasteiger charge is -2.24. The molecule has 1 unspecified atom stereocenters. The second kappa shape index (κ2) is 13.8. The Morgan fingerprint density at radius 3 is 2.42 bits per heavy atom. The standard InChI is InChI=1S/C35H44N8O4S/c1-23-14-15-24(34(44)37-28-19-25(35(2,3)4)20-29(33(28)47-7)39-48(8,45)46)18-32(23)42-22-30(38-40-42)27-21-36-43(26-12-10-9-11-13-26)31(27)16-17-41(5)6/h9-15,18-21,30,39H,16-17,22H2,1-8H3,(H,37,44). The number of carbonyl (C=O) groups excluding carboxylic acids is 1. The number of para-hydroxylation sites is 1. The summed E-state index contributed by atoms with van der Waals surface area (Å²) in [6.07, 6.45) is 3.75. The maximum atomic E-state index is 13.7. The van der Waals surface area contributed by atoms with Crippen LogP contribution in [0.1, 0.15) is 59.6 Å². The summed E-state index contributed by atoms with van der Waals surface area (Å²) in [7, 11) is 1.92. The Balaban J connectivity index is 1.42. The fourth-order valence-corrected chi connectivity index (χ4v) is 6.13. The highest BCUT2D eigenvalue weighted by Gasteiger charge is 2.29. The Morgan fingerprint density at radius 1 is 1.06 bits per heavy atom. The number of hydrogen-bond donors (Lipinski definition) is 2. The highest BCUT2D eigenvalue weighted by molar-refractivity contribution is 7.92. The van der Waals surface area contributed by atoms with E-state index in [2.05, 4.69) is 39.4 Å². The van der Waals surface area contributed by atoms with Gasteiger partial charge in [0.2, 0.25) is 10.0 Å². The van der Waals surface area contributed by atoms with Crippen LogP contribution < -0.4 is 19.8 Å². The van der Waals surface area contributed by atoms with Crippen molar-refractivity contribution >= 4 is 33.0 Å². The number of anilines is 3. The molecule has 1 aliphatic heterocycles. The number of benzene rings is 3. The molecule has 2 heterocycles. The molecule has 0 aliphatic carbocycles. The molecule has 0 saturated heterocycles. The molecule has 0 spiro atoms. The number of carbonyl (C=O) groups is 1. The lowest BCUT2D eigenvalue weighted by molar-refractivity contribution is 0.102. The molecule has 3 aromatic carbocycles. The predicted molar refractivity (Wildman–Crippen MR) is 190 cm³/mol. The Bertz CT molecular complexity index is 1930. The molecule has 4 aromatic rings. The molecule has 1 aromatic heterocycles. The summed E-state index contributed by atoms with van der Waals surface area (Å²) < 4.78 is 34.4. The SMILES string of the molecule is COc1c(NC(=O)c2ccc(C)c(N3CC(c4cnn(-c5ccccc5)c4CCN(C)C)N=N3)c2)cc(C(C)(C)C)cc1NS(C)(=O)=O. The summed E-state index contributed by atoms with van der Waals surface area (Å²) >= 11 is 0.